The van der Waals surface area contributed by atoms with Crippen LogP contribution >= 0.6 is 0 Å². The maximum atomic E-state index is 10.8. The van der Waals surface area contributed by atoms with Crippen molar-refractivity contribution in [1.82, 2.24) is 0 Å². The number of hydrogen-bond donors (Lipinski definition) is 0. The van der Waals surface area contributed by atoms with Gasteiger partial charge in [-0.2, -0.15) is 0 Å². The van der Waals surface area contributed by atoms with E-state index in [4.69, 9.17) is 4.74 Å². The minimum absolute atomic E-state index is 0.264. The summed E-state index contributed by atoms with van der Waals surface area (Å²) in [5.74, 6) is -2.07. The van der Waals surface area contributed by atoms with Crippen LogP contribution in [0.25, 0.3) is 0 Å². The molecule has 0 aromatic heterocycles. The number of carbonyl (C=O) groups is 2. The van der Waals surface area contributed by atoms with E-state index in [-0.39, 0.29) is 6.61 Å². The Bertz CT molecular complexity index is 240. The van der Waals surface area contributed by atoms with Crippen LogP contribution in [0.3, 0.4) is 0 Å². The van der Waals surface area contributed by atoms with Crippen molar-refractivity contribution in [2.24, 2.45) is 0 Å². The Hall–Kier alpha value is -1.36. The lowest BCUT2D eigenvalue weighted by Gasteiger charge is -2.23. The van der Waals surface area contributed by atoms with Gasteiger partial charge in [-0.3, -0.25) is 0 Å². The highest BCUT2D eigenvalue weighted by Crippen LogP contribution is 1.90. The second-order valence-electron chi connectivity index (χ2n) is 3.83. The summed E-state index contributed by atoms with van der Waals surface area (Å²) in [5, 5.41) is 9.93. The summed E-state index contributed by atoms with van der Waals surface area (Å²) >= 11 is 0. The Labute approximate surface area is 83.2 Å². The molecule has 0 fully saturated rings. The standard InChI is InChI=1S/C9H15NO4/c1-10(2,3)6-7-14-9(13)5-4-8(11)12/h4-5H,6-7H2,1-3H3/b5-4-. The van der Waals surface area contributed by atoms with Crippen molar-refractivity contribution in [1.29, 1.82) is 0 Å². The van der Waals surface area contributed by atoms with Gasteiger partial charge in [-0.15, -0.1) is 0 Å². The zero-order valence-electron chi connectivity index (χ0n) is 8.65. The number of rotatable bonds is 5. The van der Waals surface area contributed by atoms with E-state index in [9.17, 15) is 14.7 Å². The van der Waals surface area contributed by atoms with Gasteiger partial charge >= 0.3 is 5.97 Å². The highest BCUT2D eigenvalue weighted by atomic mass is 16.5. The summed E-state index contributed by atoms with van der Waals surface area (Å²) in [6.45, 7) is 0.935. The van der Waals surface area contributed by atoms with Crippen molar-refractivity contribution in [3.05, 3.63) is 12.2 Å². The van der Waals surface area contributed by atoms with Gasteiger partial charge in [0, 0.05) is 6.08 Å². The van der Waals surface area contributed by atoms with Gasteiger partial charge in [0.05, 0.1) is 27.1 Å². The maximum Gasteiger partial charge on any atom is 0.331 e. The summed E-state index contributed by atoms with van der Waals surface area (Å²) in [7, 11) is 5.89. The molecule has 0 aliphatic heterocycles. The van der Waals surface area contributed by atoms with Crippen molar-refractivity contribution in [2.75, 3.05) is 34.3 Å². The average molecular weight is 201 g/mol. The van der Waals surface area contributed by atoms with E-state index in [2.05, 4.69) is 0 Å². The van der Waals surface area contributed by atoms with Crippen LogP contribution < -0.4 is 5.11 Å². The number of quaternary nitrogens is 1. The zero-order valence-corrected chi connectivity index (χ0v) is 8.65. The quantitative estimate of drug-likeness (QED) is 0.310. The second kappa shape index (κ2) is 5.39. The molecule has 0 aliphatic rings. The number of esters is 1. The Morgan fingerprint density at radius 1 is 1.29 bits per heavy atom. The Balaban J connectivity index is 3.71. The van der Waals surface area contributed by atoms with Gasteiger partial charge in [0.25, 0.3) is 0 Å². The summed E-state index contributed by atoms with van der Waals surface area (Å²) < 4.78 is 5.41. The largest absolute Gasteiger partial charge is 0.545 e. The number of likely N-dealkylation sites (N-methyl/N-ethyl adjacent to an activating group) is 1. The van der Waals surface area contributed by atoms with Crippen LogP contribution in [0.5, 0.6) is 0 Å². The van der Waals surface area contributed by atoms with Gasteiger partial charge in [-0.25, -0.2) is 4.79 Å². The van der Waals surface area contributed by atoms with Crippen LogP contribution in [0.1, 0.15) is 0 Å². The molecule has 0 aromatic carbocycles. The van der Waals surface area contributed by atoms with Crippen LogP contribution in [0, 0.1) is 0 Å². The smallest absolute Gasteiger partial charge is 0.331 e. The molecule has 0 atom stereocenters. The number of aliphatic carboxylic acids is 1. The molecule has 0 N–H and O–H groups in total. The normalized spacial score (nSPS) is 11.6. The lowest BCUT2D eigenvalue weighted by Crippen LogP contribution is -2.37. The summed E-state index contributed by atoms with van der Waals surface area (Å²) in [6.07, 6.45) is 1.49. The Morgan fingerprint density at radius 2 is 1.86 bits per heavy atom. The third kappa shape index (κ3) is 8.73. The van der Waals surface area contributed by atoms with E-state index in [1.54, 1.807) is 0 Å². The van der Waals surface area contributed by atoms with Crippen molar-refractivity contribution in [3.8, 4) is 0 Å². The molecule has 0 heterocycles. The first kappa shape index (κ1) is 12.6. The molecule has 0 aromatic rings. The monoisotopic (exact) mass is 201 g/mol. The molecule has 0 unspecified atom stereocenters. The van der Waals surface area contributed by atoms with E-state index < -0.39 is 11.9 Å². The maximum absolute atomic E-state index is 10.8. The van der Waals surface area contributed by atoms with E-state index in [1.165, 1.54) is 0 Å². The number of ether oxygens (including phenoxy) is 1. The molecule has 5 nitrogen and oxygen atoms in total. The third-order valence-corrected chi connectivity index (χ3v) is 1.36. The van der Waals surface area contributed by atoms with Gasteiger partial charge in [0.15, 0.2) is 0 Å². The van der Waals surface area contributed by atoms with Crippen LogP contribution in [-0.2, 0) is 14.3 Å². The predicted octanol–water partition coefficient (Wildman–Crippen LogP) is -1.46. The van der Waals surface area contributed by atoms with Gasteiger partial charge in [-0.1, -0.05) is 0 Å². The molecule has 5 heteroatoms. The van der Waals surface area contributed by atoms with E-state index in [0.29, 0.717) is 17.1 Å². The zero-order chi connectivity index (χ0) is 11.2. The van der Waals surface area contributed by atoms with Gasteiger partial charge in [-0.05, 0) is 6.08 Å². The first-order valence-electron chi connectivity index (χ1n) is 4.17. The molecule has 0 amide bonds. The Morgan fingerprint density at radius 3 is 2.29 bits per heavy atom. The minimum atomic E-state index is -1.41. The lowest BCUT2D eigenvalue weighted by atomic mass is 10.5. The van der Waals surface area contributed by atoms with Crippen LogP contribution in [0.15, 0.2) is 12.2 Å². The highest BCUT2D eigenvalue weighted by Gasteiger charge is 2.07. The van der Waals surface area contributed by atoms with Gasteiger partial charge in [0.1, 0.15) is 13.2 Å². The van der Waals surface area contributed by atoms with Gasteiger partial charge < -0.3 is 19.1 Å². The topological polar surface area (TPSA) is 66.4 Å². The van der Waals surface area contributed by atoms with Crippen LogP contribution in [-0.4, -0.2) is 50.7 Å². The molecule has 0 bridgehead atoms. The fourth-order valence-electron chi connectivity index (χ4n) is 0.604. The number of carbonyl (C=O) groups excluding carboxylic acids is 2. The number of nitrogens with zero attached hydrogens (tertiary/aromatic N) is 1. The molecular weight excluding hydrogens is 186 g/mol. The molecule has 14 heavy (non-hydrogen) atoms. The van der Waals surface area contributed by atoms with Gasteiger partial charge in [0.2, 0.25) is 0 Å². The molecule has 0 saturated carbocycles. The molecule has 0 aliphatic carbocycles. The van der Waals surface area contributed by atoms with Crippen molar-refractivity contribution in [3.63, 3.8) is 0 Å². The molecule has 0 rings (SSSR count). The van der Waals surface area contributed by atoms with Crippen molar-refractivity contribution in [2.45, 2.75) is 0 Å². The molecule has 80 valence electrons. The second-order valence-corrected chi connectivity index (χ2v) is 3.83. The van der Waals surface area contributed by atoms with Crippen LogP contribution in [0.4, 0.5) is 0 Å². The van der Waals surface area contributed by atoms with E-state index in [1.807, 2.05) is 21.1 Å². The molecule has 0 spiro atoms. The number of carboxylic acid groups (broad SMARTS) is 1. The fourth-order valence-corrected chi connectivity index (χ4v) is 0.604. The summed E-state index contributed by atoms with van der Waals surface area (Å²) in [4.78, 5) is 20.8. The summed E-state index contributed by atoms with van der Waals surface area (Å²) in [5.41, 5.74) is 0. The molecule has 0 radical (unpaired) electrons. The van der Waals surface area contributed by atoms with Crippen molar-refractivity contribution >= 4 is 11.9 Å². The van der Waals surface area contributed by atoms with E-state index >= 15 is 0 Å². The number of hydrogen-bond acceptors (Lipinski definition) is 4. The first-order valence-corrected chi connectivity index (χ1v) is 4.17. The van der Waals surface area contributed by atoms with Crippen LogP contribution in [0.2, 0.25) is 0 Å². The fraction of sp³-hybridized carbons (Fsp3) is 0.556. The Kier molecular flexibility index (Phi) is 4.86. The minimum Gasteiger partial charge on any atom is -0.545 e. The average Bonchev–Trinajstić information content (AvgIpc) is 1.98. The summed E-state index contributed by atoms with van der Waals surface area (Å²) in [6, 6.07) is 0. The highest BCUT2D eigenvalue weighted by molar-refractivity contribution is 5.89. The van der Waals surface area contributed by atoms with Crippen molar-refractivity contribution < 1.29 is 23.9 Å². The van der Waals surface area contributed by atoms with E-state index in [0.717, 1.165) is 6.08 Å². The third-order valence-electron chi connectivity index (χ3n) is 1.36. The lowest BCUT2D eigenvalue weighted by molar-refractivity contribution is -0.870. The number of carboxylic acids is 1. The molecule has 0 saturated heterocycles. The SMILES string of the molecule is C[N+](C)(C)CCOC(=O)/C=C\C(=O)[O-]. The molecular formula is C9H15NO4. The first-order chi connectivity index (χ1) is 6.31. The predicted molar refractivity (Wildman–Crippen MR) is 48.0 cm³/mol.